The Kier molecular flexibility index (Phi) is 9.07. The number of carboxylic acid groups (broad SMARTS) is 1. The maximum atomic E-state index is 13.6. The van der Waals surface area contributed by atoms with Crippen molar-refractivity contribution >= 4 is 17.7 Å². The number of likely N-dealkylation sites (tertiary alicyclic amines) is 1. The lowest BCUT2D eigenvalue weighted by Crippen LogP contribution is -2.52. The summed E-state index contributed by atoms with van der Waals surface area (Å²) in [5, 5.41) is 9.32. The highest BCUT2D eigenvalue weighted by molar-refractivity contribution is 5.90. The Hall–Kier alpha value is -1.47. The van der Waals surface area contributed by atoms with Crippen LogP contribution in [-0.4, -0.2) is 78.0 Å². The average Bonchev–Trinajstić information content (AvgIpc) is 3.31. The third kappa shape index (κ3) is 5.67. The molecule has 0 aromatic rings. The normalized spacial score (nSPS) is 27.2. The Bertz CT molecular complexity index is 650. The van der Waals surface area contributed by atoms with Gasteiger partial charge in [-0.3, -0.25) is 19.3 Å². The average molecular weight is 439 g/mol. The van der Waals surface area contributed by atoms with Crippen LogP contribution in [0, 0.1) is 23.7 Å². The zero-order valence-electron chi connectivity index (χ0n) is 20.3. The summed E-state index contributed by atoms with van der Waals surface area (Å²) in [7, 11) is 5.27. The topological polar surface area (TPSA) is 87.1 Å². The minimum absolute atomic E-state index is 0.0147. The maximum Gasteiger partial charge on any atom is 0.306 e. The molecule has 0 aromatic heterocycles. The summed E-state index contributed by atoms with van der Waals surface area (Å²) in [5.74, 6) is -0.783. The fourth-order valence-electron chi connectivity index (χ4n) is 5.81. The number of fused-ring (bicyclic) bond motifs is 2. The number of aliphatic carboxylic acids is 1. The summed E-state index contributed by atoms with van der Waals surface area (Å²) in [4.78, 5) is 42.1. The van der Waals surface area contributed by atoms with Gasteiger partial charge in [0.05, 0.1) is 24.6 Å². The van der Waals surface area contributed by atoms with Crippen molar-refractivity contribution in [1.29, 1.82) is 0 Å². The Morgan fingerprint density at radius 1 is 1.16 bits per heavy atom. The van der Waals surface area contributed by atoms with Gasteiger partial charge in [-0.25, -0.2) is 0 Å². The van der Waals surface area contributed by atoms with E-state index in [0.29, 0.717) is 12.0 Å². The molecule has 0 spiro atoms. The molecule has 1 saturated heterocycles. The first-order chi connectivity index (χ1) is 14.5. The molecule has 7 atom stereocenters. The van der Waals surface area contributed by atoms with Gasteiger partial charge in [0, 0.05) is 32.5 Å². The summed E-state index contributed by atoms with van der Waals surface area (Å²) in [6.45, 7) is 8.01. The molecule has 1 unspecified atom stereocenters. The van der Waals surface area contributed by atoms with Crippen molar-refractivity contribution in [3.63, 3.8) is 0 Å². The van der Waals surface area contributed by atoms with Gasteiger partial charge in [0.15, 0.2) is 5.78 Å². The number of rotatable bonds is 12. The second kappa shape index (κ2) is 10.9. The van der Waals surface area contributed by atoms with Crippen molar-refractivity contribution in [3.8, 4) is 0 Å². The van der Waals surface area contributed by atoms with Crippen molar-refractivity contribution < 1.29 is 24.2 Å². The molecule has 2 fully saturated rings. The summed E-state index contributed by atoms with van der Waals surface area (Å²) in [6, 6.07) is 0.0745. The van der Waals surface area contributed by atoms with Gasteiger partial charge in [-0.2, -0.15) is 0 Å². The summed E-state index contributed by atoms with van der Waals surface area (Å²) in [6.07, 6.45) is 3.64. The van der Waals surface area contributed by atoms with Crippen LogP contribution < -0.4 is 0 Å². The minimum Gasteiger partial charge on any atom is -0.481 e. The lowest BCUT2D eigenvalue weighted by atomic mass is 9.83. The SMILES string of the molecule is CC[C@H](C)[C@@H]([C@@H](CC(=O)O)OC)N(C)C(=O)C(CC(=O)[C@@H]1[C@H]2CC[C@H](C2)N1C)C(C)C. The number of methoxy groups -OCH3 is 1. The number of carboxylic acids is 1. The molecule has 1 saturated carbocycles. The molecular weight excluding hydrogens is 396 g/mol. The van der Waals surface area contributed by atoms with E-state index >= 15 is 0 Å². The van der Waals surface area contributed by atoms with E-state index in [1.54, 1.807) is 11.9 Å². The first-order valence-electron chi connectivity index (χ1n) is 11.8. The first kappa shape index (κ1) is 25.8. The Morgan fingerprint density at radius 3 is 2.26 bits per heavy atom. The lowest BCUT2D eigenvalue weighted by Gasteiger charge is -2.40. The van der Waals surface area contributed by atoms with E-state index in [1.165, 1.54) is 13.5 Å². The third-order valence-electron chi connectivity index (χ3n) is 7.86. The molecule has 7 nitrogen and oxygen atoms in total. The summed E-state index contributed by atoms with van der Waals surface area (Å²) < 4.78 is 5.52. The molecule has 7 heteroatoms. The Morgan fingerprint density at radius 2 is 1.81 bits per heavy atom. The van der Waals surface area contributed by atoms with Gasteiger partial charge in [0.25, 0.3) is 0 Å². The van der Waals surface area contributed by atoms with Gasteiger partial charge >= 0.3 is 5.97 Å². The largest absolute Gasteiger partial charge is 0.481 e. The zero-order chi connectivity index (χ0) is 23.5. The number of carbonyl (C=O) groups excluding carboxylic acids is 2. The monoisotopic (exact) mass is 438 g/mol. The van der Waals surface area contributed by atoms with Crippen LogP contribution in [0.15, 0.2) is 0 Å². The van der Waals surface area contributed by atoms with Gasteiger partial charge in [0.2, 0.25) is 5.91 Å². The van der Waals surface area contributed by atoms with E-state index in [1.807, 2.05) is 34.7 Å². The first-order valence-corrected chi connectivity index (χ1v) is 11.8. The van der Waals surface area contributed by atoms with Crippen LogP contribution in [0.2, 0.25) is 0 Å². The highest BCUT2D eigenvalue weighted by Gasteiger charge is 2.48. The molecule has 1 amide bonds. The molecule has 2 aliphatic rings. The van der Waals surface area contributed by atoms with Crippen molar-refractivity contribution in [3.05, 3.63) is 0 Å². The number of carbonyl (C=O) groups is 3. The molecule has 0 radical (unpaired) electrons. The fraction of sp³-hybridized carbons (Fsp3) is 0.875. The lowest BCUT2D eigenvalue weighted by molar-refractivity contribution is -0.149. The van der Waals surface area contributed by atoms with Crippen molar-refractivity contribution in [2.24, 2.45) is 23.7 Å². The number of amides is 1. The Balaban J connectivity index is 2.19. The molecule has 0 aromatic carbocycles. The van der Waals surface area contributed by atoms with Crippen molar-refractivity contribution in [1.82, 2.24) is 9.80 Å². The number of Topliss-reactive ketones (excluding diaryl/α,β-unsaturated/α-hetero) is 1. The van der Waals surface area contributed by atoms with E-state index < -0.39 is 18.0 Å². The highest BCUT2D eigenvalue weighted by Crippen LogP contribution is 2.42. The molecule has 1 aliphatic heterocycles. The predicted octanol–water partition coefficient (Wildman–Crippen LogP) is 3.06. The smallest absolute Gasteiger partial charge is 0.306 e. The molecule has 178 valence electrons. The van der Waals surface area contributed by atoms with E-state index in [0.717, 1.165) is 19.3 Å². The van der Waals surface area contributed by atoms with E-state index in [9.17, 15) is 19.5 Å². The summed E-state index contributed by atoms with van der Waals surface area (Å²) >= 11 is 0. The molecule has 2 rings (SSSR count). The number of piperidine rings is 1. The van der Waals surface area contributed by atoms with Gasteiger partial charge < -0.3 is 14.7 Å². The third-order valence-corrected chi connectivity index (χ3v) is 7.86. The van der Waals surface area contributed by atoms with Crippen LogP contribution in [0.3, 0.4) is 0 Å². The van der Waals surface area contributed by atoms with Crippen LogP contribution >= 0.6 is 0 Å². The van der Waals surface area contributed by atoms with Gasteiger partial charge in [-0.1, -0.05) is 34.1 Å². The quantitative estimate of drug-likeness (QED) is 0.504. The van der Waals surface area contributed by atoms with E-state index in [4.69, 9.17) is 4.74 Å². The van der Waals surface area contributed by atoms with Gasteiger partial charge in [0.1, 0.15) is 0 Å². The van der Waals surface area contributed by atoms with Crippen LogP contribution in [0.5, 0.6) is 0 Å². The molecule has 1 heterocycles. The second-order valence-electron chi connectivity index (χ2n) is 10.1. The van der Waals surface area contributed by atoms with Gasteiger partial charge in [-0.15, -0.1) is 0 Å². The number of ether oxygens (including phenoxy) is 1. The zero-order valence-corrected chi connectivity index (χ0v) is 20.3. The van der Waals surface area contributed by atoms with E-state index in [-0.39, 0.29) is 48.5 Å². The van der Waals surface area contributed by atoms with Crippen LogP contribution in [0.4, 0.5) is 0 Å². The number of likely N-dealkylation sites (N-methyl/N-ethyl adjacent to an activating group) is 2. The van der Waals surface area contributed by atoms with Crippen LogP contribution in [-0.2, 0) is 19.1 Å². The standard InChI is InChI=1S/C24H42N2O5/c1-8-15(4)22(20(31-7)13-21(28)29)26(6)24(30)18(14(2)3)12-19(27)23-16-9-10-17(11-16)25(23)5/h14-18,20,22-23H,8-13H2,1-7H3,(H,28,29)/t15-,16-,17+,18?,20+,22-,23-/m0/s1. The Labute approximate surface area is 187 Å². The number of nitrogens with zero attached hydrogens (tertiary/aromatic N) is 2. The number of hydrogen-bond donors (Lipinski definition) is 1. The molecule has 2 bridgehead atoms. The molecule has 1 aliphatic carbocycles. The molecular formula is C24H42N2O5. The number of hydrogen-bond acceptors (Lipinski definition) is 5. The maximum absolute atomic E-state index is 13.6. The van der Waals surface area contributed by atoms with Gasteiger partial charge in [-0.05, 0) is 44.1 Å². The van der Waals surface area contributed by atoms with E-state index in [2.05, 4.69) is 4.90 Å². The molecule has 1 N–H and O–H groups in total. The fourth-order valence-corrected chi connectivity index (χ4v) is 5.81. The van der Waals surface area contributed by atoms with Crippen LogP contribution in [0.1, 0.15) is 66.2 Å². The van der Waals surface area contributed by atoms with Crippen molar-refractivity contribution in [2.45, 2.75) is 90.4 Å². The van der Waals surface area contributed by atoms with Crippen molar-refractivity contribution in [2.75, 3.05) is 21.2 Å². The highest BCUT2D eigenvalue weighted by atomic mass is 16.5. The number of ketones is 1. The minimum atomic E-state index is -0.948. The molecule has 31 heavy (non-hydrogen) atoms. The second-order valence-corrected chi connectivity index (χ2v) is 10.1. The summed E-state index contributed by atoms with van der Waals surface area (Å²) in [5.41, 5.74) is 0. The predicted molar refractivity (Wildman–Crippen MR) is 120 cm³/mol. The van der Waals surface area contributed by atoms with Crippen LogP contribution in [0.25, 0.3) is 0 Å².